The van der Waals surface area contributed by atoms with E-state index in [0.717, 1.165) is 17.7 Å². The first kappa shape index (κ1) is 12.1. The molecule has 1 fully saturated rings. The number of hydrogen-bond acceptors (Lipinski definition) is 4. The highest BCUT2D eigenvalue weighted by molar-refractivity contribution is 5.39. The average Bonchev–Trinajstić information content (AvgIpc) is 2.32. The third-order valence-electron chi connectivity index (χ3n) is 3.69. The number of rotatable bonds is 3. The SMILES string of the molecule is CC(C)C1CCCCC1Nc1ccc(N)nn1. The van der Waals surface area contributed by atoms with Crippen LogP contribution < -0.4 is 11.1 Å². The van der Waals surface area contributed by atoms with Gasteiger partial charge in [0.1, 0.15) is 11.6 Å². The van der Waals surface area contributed by atoms with Gasteiger partial charge in [0.15, 0.2) is 0 Å². The zero-order valence-electron chi connectivity index (χ0n) is 10.7. The lowest BCUT2D eigenvalue weighted by atomic mass is 9.78. The summed E-state index contributed by atoms with van der Waals surface area (Å²) in [6.45, 7) is 4.61. The molecule has 1 saturated carbocycles. The van der Waals surface area contributed by atoms with Gasteiger partial charge >= 0.3 is 0 Å². The van der Waals surface area contributed by atoms with Crippen molar-refractivity contribution in [3.63, 3.8) is 0 Å². The van der Waals surface area contributed by atoms with E-state index in [1.165, 1.54) is 25.7 Å². The molecule has 1 aromatic rings. The van der Waals surface area contributed by atoms with E-state index in [1.54, 1.807) is 6.07 Å². The molecule has 0 aliphatic heterocycles. The molecule has 2 rings (SSSR count). The van der Waals surface area contributed by atoms with Crippen molar-refractivity contribution < 1.29 is 0 Å². The predicted molar refractivity (Wildman–Crippen MR) is 70.7 cm³/mol. The summed E-state index contributed by atoms with van der Waals surface area (Å²) in [7, 11) is 0. The standard InChI is InChI=1S/C13H22N4/c1-9(2)10-5-3-4-6-11(10)15-13-8-7-12(14)16-17-13/h7-11H,3-6H2,1-2H3,(H2,14,16)(H,15,17). The molecule has 17 heavy (non-hydrogen) atoms. The maximum absolute atomic E-state index is 5.53. The third-order valence-corrected chi connectivity index (χ3v) is 3.69. The molecule has 94 valence electrons. The van der Waals surface area contributed by atoms with Gasteiger partial charge in [-0.15, -0.1) is 10.2 Å². The lowest BCUT2D eigenvalue weighted by Crippen LogP contribution is -2.35. The third kappa shape index (κ3) is 3.08. The predicted octanol–water partition coefficient (Wildman–Crippen LogP) is 2.69. The fourth-order valence-corrected chi connectivity index (χ4v) is 2.75. The van der Waals surface area contributed by atoms with Crippen molar-refractivity contribution in [3.8, 4) is 0 Å². The Labute approximate surface area is 103 Å². The van der Waals surface area contributed by atoms with Crippen molar-refractivity contribution in [1.29, 1.82) is 0 Å². The monoisotopic (exact) mass is 234 g/mol. The maximum atomic E-state index is 5.53. The van der Waals surface area contributed by atoms with Gasteiger partial charge in [0.25, 0.3) is 0 Å². The molecule has 4 heteroatoms. The number of nitrogens with two attached hydrogens (primary N) is 1. The molecule has 1 aliphatic carbocycles. The van der Waals surface area contributed by atoms with Crippen LogP contribution in [0, 0.1) is 11.8 Å². The van der Waals surface area contributed by atoms with Crippen LogP contribution in [0.4, 0.5) is 11.6 Å². The van der Waals surface area contributed by atoms with Crippen LogP contribution in [0.2, 0.25) is 0 Å². The van der Waals surface area contributed by atoms with Crippen molar-refractivity contribution in [2.24, 2.45) is 11.8 Å². The minimum atomic E-state index is 0.472. The van der Waals surface area contributed by atoms with Gasteiger partial charge in [0, 0.05) is 6.04 Å². The van der Waals surface area contributed by atoms with Gasteiger partial charge in [0.2, 0.25) is 0 Å². The van der Waals surface area contributed by atoms with Crippen molar-refractivity contribution >= 4 is 11.6 Å². The summed E-state index contributed by atoms with van der Waals surface area (Å²) in [5.41, 5.74) is 5.53. The summed E-state index contributed by atoms with van der Waals surface area (Å²) < 4.78 is 0. The van der Waals surface area contributed by atoms with E-state index >= 15 is 0 Å². The second kappa shape index (κ2) is 5.34. The van der Waals surface area contributed by atoms with Gasteiger partial charge in [-0.1, -0.05) is 26.7 Å². The lowest BCUT2D eigenvalue weighted by molar-refractivity contribution is 0.253. The summed E-state index contributed by atoms with van der Waals surface area (Å²) in [6, 6.07) is 4.23. The Bertz CT molecular complexity index is 347. The van der Waals surface area contributed by atoms with Gasteiger partial charge in [0.05, 0.1) is 0 Å². The summed E-state index contributed by atoms with van der Waals surface area (Å²) in [5.74, 6) is 2.77. The molecule has 2 atom stereocenters. The molecular formula is C13H22N4. The molecular weight excluding hydrogens is 212 g/mol. The molecule has 0 saturated heterocycles. The second-order valence-corrected chi connectivity index (χ2v) is 5.29. The number of nitrogens with zero attached hydrogens (tertiary/aromatic N) is 2. The van der Waals surface area contributed by atoms with Gasteiger partial charge in [-0.05, 0) is 36.8 Å². The molecule has 2 unspecified atom stereocenters. The van der Waals surface area contributed by atoms with Crippen LogP contribution in [-0.2, 0) is 0 Å². The summed E-state index contributed by atoms with van der Waals surface area (Å²) in [6.07, 6.45) is 5.21. The van der Waals surface area contributed by atoms with Crippen molar-refractivity contribution in [1.82, 2.24) is 10.2 Å². The molecule has 0 spiro atoms. The highest BCUT2D eigenvalue weighted by atomic mass is 15.2. The van der Waals surface area contributed by atoms with E-state index in [0.29, 0.717) is 11.9 Å². The number of nitrogen functional groups attached to an aromatic ring is 1. The molecule has 3 N–H and O–H groups in total. The van der Waals surface area contributed by atoms with Crippen molar-refractivity contribution in [2.45, 2.75) is 45.6 Å². The Morgan fingerprint density at radius 1 is 1.24 bits per heavy atom. The maximum Gasteiger partial charge on any atom is 0.149 e. The Balaban J connectivity index is 2.02. The van der Waals surface area contributed by atoms with Gasteiger partial charge in [-0.3, -0.25) is 0 Å². The van der Waals surface area contributed by atoms with Crippen LogP contribution in [0.15, 0.2) is 12.1 Å². The molecule has 0 aromatic carbocycles. The number of aromatic nitrogens is 2. The largest absolute Gasteiger partial charge is 0.382 e. The molecule has 0 amide bonds. The topological polar surface area (TPSA) is 63.8 Å². The van der Waals surface area contributed by atoms with E-state index < -0.39 is 0 Å². The van der Waals surface area contributed by atoms with E-state index in [2.05, 4.69) is 29.4 Å². The number of nitrogens with one attached hydrogen (secondary N) is 1. The smallest absolute Gasteiger partial charge is 0.149 e. The van der Waals surface area contributed by atoms with E-state index in [9.17, 15) is 0 Å². The normalized spacial score (nSPS) is 24.9. The zero-order chi connectivity index (χ0) is 12.3. The summed E-state index contributed by atoms with van der Waals surface area (Å²) >= 11 is 0. The number of hydrogen-bond donors (Lipinski definition) is 2. The Hall–Kier alpha value is -1.32. The van der Waals surface area contributed by atoms with Crippen LogP contribution in [0.5, 0.6) is 0 Å². The average molecular weight is 234 g/mol. The van der Waals surface area contributed by atoms with Crippen LogP contribution in [0.3, 0.4) is 0 Å². The van der Waals surface area contributed by atoms with Crippen LogP contribution in [-0.4, -0.2) is 16.2 Å². The minimum absolute atomic E-state index is 0.472. The van der Waals surface area contributed by atoms with Gasteiger partial charge in [-0.25, -0.2) is 0 Å². The van der Waals surface area contributed by atoms with Crippen LogP contribution >= 0.6 is 0 Å². The van der Waals surface area contributed by atoms with E-state index in [-0.39, 0.29) is 0 Å². The molecule has 1 heterocycles. The Morgan fingerprint density at radius 3 is 2.65 bits per heavy atom. The fraction of sp³-hybridized carbons (Fsp3) is 0.692. The van der Waals surface area contributed by atoms with Gasteiger partial charge in [-0.2, -0.15) is 0 Å². The summed E-state index contributed by atoms with van der Waals surface area (Å²) in [5, 5.41) is 11.5. The zero-order valence-corrected chi connectivity index (χ0v) is 10.7. The Morgan fingerprint density at radius 2 is 2.00 bits per heavy atom. The van der Waals surface area contributed by atoms with E-state index in [1.807, 2.05) is 6.07 Å². The first-order chi connectivity index (χ1) is 8.16. The van der Waals surface area contributed by atoms with Crippen LogP contribution in [0.25, 0.3) is 0 Å². The van der Waals surface area contributed by atoms with Crippen LogP contribution in [0.1, 0.15) is 39.5 Å². The van der Waals surface area contributed by atoms with Crippen molar-refractivity contribution in [3.05, 3.63) is 12.1 Å². The molecule has 0 radical (unpaired) electrons. The molecule has 1 aromatic heterocycles. The highest BCUT2D eigenvalue weighted by Crippen LogP contribution is 2.31. The summed E-state index contributed by atoms with van der Waals surface area (Å²) in [4.78, 5) is 0. The van der Waals surface area contributed by atoms with E-state index in [4.69, 9.17) is 5.73 Å². The first-order valence-corrected chi connectivity index (χ1v) is 6.52. The fourth-order valence-electron chi connectivity index (χ4n) is 2.75. The lowest BCUT2D eigenvalue weighted by Gasteiger charge is -2.35. The first-order valence-electron chi connectivity index (χ1n) is 6.52. The van der Waals surface area contributed by atoms with Crippen molar-refractivity contribution in [2.75, 3.05) is 11.1 Å². The number of anilines is 2. The highest BCUT2D eigenvalue weighted by Gasteiger charge is 2.27. The molecule has 0 bridgehead atoms. The quantitative estimate of drug-likeness (QED) is 0.844. The minimum Gasteiger partial charge on any atom is -0.382 e. The molecule has 4 nitrogen and oxygen atoms in total. The van der Waals surface area contributed by atoms with Gasteiger partial charge < -0.3 is 11.1 Å². The molecule has 1 aliphatic rings. The Kier molecular flexibility index (Phi) is 3.82. The second-order valence-electron chi connectivity index (χ2n) is 5.29.